The first-order chi connectivity index (χ1) is 9.17. The molecule has 1 saturated carbocycles. The summed E-state index contributed by atoms with van der Waals surface area (Å²) >= 11 is 0. The molecule has 0 amide bonds. The molecule has 0 aliphatic heterocycles. The van der Waals surface area contributed by atoms with Crippen LogP contribution in [0.25, 0.3) is 0 Å². The third-order valence-corrected chi connectivity index (χ3v) is 4.69. The zero-order valence-electron chi connectivity index (χ0n) is 12.4. The fourth-order valence-corrected chi connectivity index (χ4v) is 3.30. The van der Waals surface area contributed by atoms with Gasteiger partial charge in [0.2, 0.25) is 0 Å². The molecule has 0 heterocycles. The van der Waals surface area contributed by atoms with Gasteiger partial charge in [0.1, 0.15) is 0 Å². The lowest BCUT2D eigenvalue weighted by Gasteiger charge is -2.34. The third kappa shape index (κ3) is 3.73. The summed E-state index contributed by atoms with van der Waals surface area (Å²) in [5.74, 6) is 0.896. The summed E-state index contributed by atoms with van der Waals surface area (Å²) < 4.78 is 0. The third-order valence-electron chi connectivity index (χ3n) is 4.69. The van der Waals surface area contributed by atoms with Gasteiger partial charge in [-0.05, 0) is 49.8 Å². The Bertz CT molecular complexity index is 402. The van der Waals surface area contributed by atoms with Crippen molar-refractivity contribution in [2.45, 2.75) is 57.9 Å². The van der Waals surface area contributed by atoms with Crippen molar-refractivity contribution in [3.05, 3.63) is 29.8 Å². The SMILES string of the molecule is CCC1CCCC(CN)(Nc2cccc(C)c2)CC1. The molecule has 0 saturated heterocycles. The van der Waals surface area contributed by atoms with E-state index in [0.29, 0.717) is 0 Å². The van der Waals surface area contributed by atoms with Crippen molar-refractivity contribution in [3.63, 3.8) is 0 Å². The fourth-order valence-electron chi connectivity index (χ4n) is 3.30. The number of hydrogen-bond acceptors (Lipinski definition) is 2. The quantitative estimate of drug-likeness (QED) is 0.800. The van der Waals surface area contributed by atoms with Gasteiger partial charge in [0, 0.05) is 17.8 Å². The van der Waals surface area contributed by atoms with Gasteiger partial charge in [0.25, 0.3) is 0 Å². The van der Waals surface area contributed by atoms with Crippen LogP contribution >= 0.6 is 0 Å². The van der Waals surface area contributed by atoms with Crippen molar-refractivity contribution in [3.8, 4) is 0 Å². The van der Waals surface area contributed by atoms with E-state index in [4.69, 9.17) is 5.73 Å². The lowest BCUT2D eigenvalue weighted by Crippen LogP contribution is -2.45. The molecule has 1 aliphatic carbocycles. The second-order valence-electron chi connectivity index (χ2n) is 6.18. The van der Waals surface area contributed by atoms with Crippen LogP contribution < -0.4 is 11.1 Å². The summed E-state index contributed by atoms with van der Waals surface area (Å²) in [6.07, 6.45) is 7.70. The normalized spacial score (nSPS) is 27.8. The summed E-state index contributed by atoms with van der Waals surface area (Å²) in [7, 11) is 0. The molecule has 0 spiro atoms. The number of anilines is 1. The average Bonchev–Trinajstić information content (AvgIpc) is 2.62. The maximum atomic E-state index is 6.12. The molecule has 3 N–H and O–H groups in total. The van der Waals surface area contributed by atoms with Crippen LogP contribution in [-0.2, 0) is 0 Å². The second-order valence-corrected chi connectivity index (χ2v) is 6.18. The molecule has 0 bridgehead atoms. The topological polar surface area (TPSA) is 38.0 Å². The minimum Gasteiger partial charge on any atom is -0.378 e. The number of benzene rings is 1. The van der Waals surface area contributed by atoms with Crippen LogP contribution in [0.15, 0.2) is 24.3 Å². The Balaban J connectivity index is 2.09. The molecule has 2 nitrogen and oxygen atoms in total. The maximum absolute atomic E-state index is 6.12. The lowest BCUT2D eigenvalue weighted by atomic mass is 9.89. The molecule has 2 heteroatoms. The standard InChI is InChI=1S/C17H28N2/c1-3-15-7-5-10-17(13-18,11-9-15)19-16-8-4-6-14(2)12-16/h4,6,8,12,15,19H,3,5,7,9-11,13,18H2,1-2H3. The van der Waals surface area contributed by atoms with Gasteiger partial charge in [-0.25, -0.2) is 0 Å². The van der Waals surface area contributed by atoms with E-state index < -0.39 is 0 Å². The highest BCUT2D eigenvalue weighted by molar-refractivity contribution is 5.48. The van der Waals surface area contributed by atoms with Gasteiger partial charge in [-0.3, -0.25) is 0 Å². The van der Waals surface area contributed by atoms with Crippen LogP contribution in [0, 0.1) is 12.8 Å². The summed E-state index contributed by atoms with van der Waals surface area (Å²) in [4.78, 5) is 0. The van der Waals surface area contributed by atoms with E-state index in [1.165, 1.54) is 49.8 Å². The second kappa shape index (κ2) is 6.42. The summed E-state index contributed by atoms with van der Waals surface area (Å²) in [6.45, 7) is 5.19. The first-order valence-electron chi connectivity index (χ1n) is 7.72. The van der Waals surface area contributed by atoms with E-state index in [9.17, 15) is 0 Å². The fraction of sp³-hybridized carbons (Fsp3) is 0.647. The smallest absolute Gasteiger partial charge is 0.0495 e. The minimum atomic E-state index is 0.109. The van der Waals surface area contributed by atoms with E-state index in [0.717, 1.165) is 12.5 Å². The zero-order chi connectivity index (χ0) is 13.7. The van der Waals surface area contributed by atoms with Crippen molar-refractivity contribution < 1.29 is 0 Å². The number of nitrogens with one attached hydrogen (secondary N) is 1. The van der Waals surface area contributed by atoms with Crippen LogP contribution in [0.3, 0.4) is 0 Å². The average molecular weight is 260 g/mol. The van der Waals surface area contributed by atoms with Gasteiger partial charge < -0.3 is 11.1 Å². The molecule has 19 heavy (non-hydrogen) atoms. The zero-order valence-corrected chi connectivity index (χ0v) is 12.4. The molecule has 2 unspecified atom stereocenters. The van der Waals surface area contributed by atoms with Crippen LogP contribution in [0.4, 0.5) is 5.69 Å². The van der Waals surface area contributed by atoms with Crippen LogP contribution in [0.5, 0.6) is 0 Å². The molecule has 0 aromatic heterocycles. The number of nitrogens with two attached hydrogens (primary N) is 1. The largest absolute Gasteiger partial charge is 0.378 e. The predicted octanol–water partition coefficient (Wildman–Crippen LogP) is 4.09. The Hall–Kier alpha value is -1.02. The molecule has 2 atom stereocenters. The van der Waals surface area contributed by atoms with Crippen molar-refractivity contribution >= 4 is 5.69 Å². The van der Waals surface area contributed by atoms with Crippen molar-refractivity contribution in [2.24, 2.45) is 11.7 Å². The highest BCUT2D eigenvalue weighted by Gasteiger charge is 2.31. The molecule has 106 valence electrons. The molecular weight excluding hydrogens is 232 g/mol. The molecule has 1 aromatic rings. The van der Waals surface area contributed by atoms with Gasteiger partial charge in [-0.15, -0.1) is 0 Å². The summed E-state index contributed by atoms with van der Waals surface area (Å²) in [6, 6.07) is 8.64. The first-order valence-corrected chi connectivity index (χ1v) is 7.72. The number of aryl methyl sites for hydroxylation is 1. The molecule has 0 radical (unpaired) electrons. The van der Waals surface area contributed by atoms with E-state index >= 15 is 0 Å². The van der Waals surface area contributed by atoms with Gasteiger partial charge in [0.05, 0.1) is 0 Å². The Morgan fingerprint density at radius 1 is 1.32 bits per heavy atom. The van der Waals surface area contributed by atoms with E-state index in [1.54, 1.807) is 0 Å². The van der Waals surface area contributed by atoms with Crippen LogP contribution in [0.2, 0.25) is 0 Å². The lowest BCUT2D eigenvalue weighted by molar-refractivity contribution is 0.398. The predicted molar refractivity (Wildman–Crippen MR) is 83.5 cm³/mol. The van der Waals surface area contributed by atoms with E-state index in [-0.39, 0.29) is 5.54 Å². The van der Waals surface area contributed by atoms with Gasteiger partial charge in [-0.1, -0.05) is 38.3 Å². The Morgan fingerprint density at radius 3 is 2.84 bits per heavy atom. The molecule has 1 aliphatic rings. The Labute approximate surface area is 117 Å². The molecule has 1 aromatic carbocycles. The van der Waals surface area contributed by atoms with E-state index in [2.05, 4.69) is 43.4 Å². The van der Waals surface area contributed by atoms with Gasteiger partial charge in [0.15, 0.2) is 0 Å². The molecule has 1 fully saturated rings. The maximum Gasteiger partial charge on any atom is 0.0495 e. The summed E-state index contributed by atoms with van der Waals surface area (Å²) in [5.41, 5.74) is 8.75. The van der Waals surface area contributed by atoms with Crippen molar-refractivity contribution in [1.29, 1.82) is 0 Å². The molecule has 2 rings (SSSR count). The number of rotatable bonds is 4. The Kier molecular flexibility index (Phi) is 4.87. The van der Waals surface area contributed by atoms with Crippen molar-refractivity contribution in [1.82, 2.24) is 0 Å². The van der Waals surface area contributed by atoms with Crippen LogP contribution in [-0.4, -0.2) is 12.1 Å². The summed E-state index contributed by atoms with van der Waals surface area (Å²) in [5, 5.41) is 3.74. The first kappa shape index (κ1) is 14.4. The Morgan fingerprint density at radius 2 is 2.16 bits per heavy atom. The highest BCUT2D eigenvalue weighted by atomic mass is 15.0. The highest BCUT2D eigenvalue weighted by Crippen LogP contribution is 2.34. The van der Waals surface area contributed by atoms with Gasteiger partial charge in [-0.2, -0.15) is 0 Å². The van der Waals surface area contributed by atoms with E-state index in [1.807, 2.05) is 0 Å². The molecular formula is C17H28N2. The minimum absolute atomic E-state index is 0.109. The van der Waals surface area contributed by atoms with Crippen molar-refractivity contribution in [2.75, 3.05) is 11.9 Å². The number of hydrogen-bond donors (Lipinski definition) is 2. The van der Waals surface area contributed by atoms with Crippen LogP contribution in [0.1, 0.15) is 51.0 Å². The van der Waals surface area contributed by atoms with Gasteiger partial charge >= 0.3 is 0 Å². The monoisotopic (exact) mass is 260 g/mol.